The SMILES string of the molecule is CC(=O)N1C(=O)/C(=C\C(=O)c2ccccc2)c2ccccc21. The lowest BCUT2D eigenvalue weighted by Gasteiger charge is -2.11. The van der Waals surface area contributed by atoms with Crippen molar-refractivity contribution in [3.63, 3.8) is 0 Å². The molecule has 0 radical (unpaired) electrons. The molecule has 0 fully saturated rings. The minimum absolute atomic E-state index is 0.250. The van der Waals surface area contributed by atoms with Crippen LogP contribution in [0.25, 0.3) is 5.57 Å². The van der Waals surface area contributed by atoms with Gasteiger partial charge in [-0.2, -0.15) is 0 Å². The van der Waals surface area contributed by atoms with Crippen molar-refractivity contribution in [2.45, 2.75) is 6.92 Å². The predicted octanol–water partition coefficient (Wildman–Crippen LogP) is 2.85. The maximum atomic E-state index is 12.5. The number of ketones is 1. The number of hydrogen-bond acceptors (Lipinski definition) is 3. The Morgan fingerprint density at radius 2 is 1.59 bits per heavy atom. The van der Waals surface area contributed by atoms with E-state index in [0.717, 1.165) is 4.90 Å². The van der Waals surface area contributed by atoms with Crippen LogP contribution in [0.2, 0.25) is 0 Å². The zero-order valence-corrected chi connectivity index (χ0v) is 11.9. The molecule has 1 aliphatic heterocycles. The van der Waals surface area contributed by atoms with Crippen LogP contribution >= 0.6 is 0 Å². The smallest absolute Gasteiger partial charge is 0.265 e. The maximum absolute atomic E-state index is 12.5. The lowest BCUT2D eigenvalue weighted by Crippen LogP contribution is -2.31. The molecule has 3 rings (SSSR count). The summed E-state index contributed by atoms with van der Waals surface area (Å²) in [6.45, 7) is 1.33. The molecular formula is C18H13NO3. The van der Waals surface area contributed by atoms with Gasteiger partial charge in [0, 0.05) is 18.1 Å². The van der Waals surface area contributed by atoms with Crippen LogP contribution < -0.4 is 4.90 Å². The number of fused-ring (bicyclic) bond motifs is 1. The third kappa shape index (κ3) is 2.24. The maximum Gasteiger partial charge on any atom is 0.265 e. The van der Waals surface area contributed by atoms with Crippen molar-refractivity contribution in [3.05, 3.63) is 71.8 Å². The first-order chi connectivity index (χ1) is 10.6. The summed E-state index contributed by atoms with van der Waals surface area (Å²) in [5.74, 6) is -1.09. The molecule has 22 heavy (non-hydrogen) atoms. The largest absolute Gasteiger partial charge is 0.289 e. The van der Waals surface area contributed by atoms with E-state index in [1.165, 1.54) is 13.0 Å². The molecule has 2 amide bonds. The van der Waals surface area contributed by atoms with E-state index in [0.29, 0.717) is 16.8 Å². The van der Waals surface area contributed by atoms with Crippen molar-refractivity contribution in [2.24, 2.45) is 0 Å². The highest BCUT2D eigenvalue weighted by Crippen LogP contribution is 2.36. The minimum atomic E-state index is -0.460. The second-order valence-corrected chi connectivity index (χ2v) is 4.97. The van der Waals surface area contributed by atoms with Crippen LogP contribution in [0.5, 0.6) is 0 Å². The fourth-order valence-electron chi connectivity index (χ4n) is 2.51. The van der Waals surface area contributed by atoms with E-state index < -0.39 is 5.91 Å². The number of anilines is 1. The van der Waals surface area contributed by atoms with Gasteiger partial charge in [-0.25, -0.2) is 4.90 Å². The van der Waals surface area contributed by atoms with E-state index in [9.17, 15) is 14.4 Å². The molecule has 0 bridgehead atoms. The van der Waals surface area contributed by atoms with Crippen LogP contribution in [-0.2, 0) is 9.59 Å². The van der Waals surface area contributed by atoms with Gasteiger partial charge in [0.25, 0.3) is 5.91 Å². The molecular weight excluding hydrogens is 278 g/mol. The Morgan fingerprint density at radius 3 is 2.27 bits per heavy atom. The summed E-state index contributed by atoms with van der Waals surface area (Å²) in [6, 6.07) is 15.7. The van der Waals surface area contributed by atoms with Crippen LogP contribution in [0.15, 0.2) is 60.7 Å². The number of carbonyl (C=O) groups excluding carboxylic acids is 3. The standard InChI is InChI=1S/C18H13NO3/c1-12(20)19-16-10-6-5-9-14(16)15(18(19)22)11-17(21)13-7-3-2-4-8-13/h2-11H,1H3/b15-11-. The van der Waals surface area contributed by atoms with Crippen LogP contribution in [0.3, 0.4) is 0 Å². The normalized spacial score (nSPS) is 15.0. The van der Waals surface area contributed by atoms with E-state index in [4.69, 9.17) is 0 Å². The average molecular weight is 291 g/mol. The highest BCUT2D eigenvalue weighted by molar-refractivity contribution is 6.41. The first-order valence-electron chi connectivity index (χ1n) is 6.85. The molecule has 4 heteroatoms. The summed E-state index contributed by atoms with van der Waals surface area (Å²) >= 11 is 0. The van der Waals surface area contributed by atoms with E-state index >= 15 is 0 Å². The minimum Gasteiger partial charge on any atom is -0.289 e. The van der Waals surface area contributed by atoms with Gasteiger partial charge in [0.05, 0.1) is 11.3 Å². The molecule has 2 aromatic rings. The summed E-state index contributed by atoms with van der Waals surface area (Å²) in [7, 11) is 0. The van der Waals surface area contributed by atoms with E-state index in [2.05, 4.69) is 0 Å². The van der Waals surface area contributed by atoms with Crippen molar-refractivity contribution < 1.29 is 14.4 Å². The van der Waals surface area contributed by atoms with Crippen LogP contribution in [-0.4, -0.2) is 17.6 Å². The van der Waals surface area contributed by atoms with Gasteiger partial charge in [0.15, 0.2) is 5.78 Å². The highest BCUT2D eigenvalue weighted by Gasteiger charge is 2.35. The number of hydrogen-bond donors (Lipinski definition) is 0. The Kier molecular flexibility index (Phi) is 3.43. The van der Waals surface area contributed by atoms with Gasteiger partial charge in [-0.3, -0.25) is 14.4 Å². The van der Waals surface area contributed by atoms with Crippen LogP contribution in [0.4, 0.5) is 5.69 Å². The molecule has 108 valence electrons. The summed E-state index contributed by atoms with van der Waals surface area (Å²) in [5.41, 5.74) is 1.88. The monoisotopic (exact) mass is 291 g/mol. The molecule has 0 saturated carbocycles. The van der Waals surface area contributed by atoms with E-state index in [-0.39, 0.29) is 17.3 Å². The van der Waals surface area contributed by atoms with Gasteiger partial charge in [0.2, 0.25) is 5.91 Å². The lowest BCUT2D eigenvalue weighted by atomic mass is 10.0. The number of carbonyl (C=O) groups is 3. The van der Waals surface area contributed by atoms with Crippen molar-refractivity contribution in [3.8, 4) is 0 Å². The Hall–Kier alpha value is -3.01. The quantitative estimate of drug-likeness (QED) is 0.631. The van der Waals surface area contributed by atoms with Crippen LogP contribution in [0.1, 0.15) is 22.8 Å². The van der Waals surface area contributed by atoms with E-state index in [1.807, 2.05) is 6.07 Å². The number of imide groups is 1. The molecule has 0 aromatic heterocycles. The Morgan fingerprint density at radius 1 is 0.955 bits per heavy atom. The zero-order valence-electron chi connectivity index (χ0n) is 11.9. The Labute approximate surface area is 127 Å². The molecule has 2 aromatic carbocycles. The van der Waals surface area contributed by atoms with Gasteiger partial charge < -0.3 is 0 Å². The van der Waals surface area contributed by atoms with Gasteiger partial charge in [-0.05, 0) is 12.1 Å². The lowest BCUT2D eigenvalue weighted by molar-refractivity contribution is -0.122. The van der Waals surface area contributed by atoms with Crippen molar-refractivity contribution >= 4 is 28.9 Å². The number of benzene rings is 2. The number of nitrogens with zero attached hydrogens (tertiary/aromatic N) is 1. The van der Waals surface area contributed by atoms with Crippen LogP contribution in [0, 0.1) is 0 Å². The third-order valence-corrected chi connectivity index (χ3v) is 3.52. The van der Waals surface area contributed by atoms with E-state index in [1.54, 1.807) is 48.5 Å². The molecule has 0 N–H and O–H groups in total. The molecule has 1 heterocycles. The fourth-order valence-corrected chi connectivity index (χ4v) is 2.51. The summed E-state index contributed by atoms with van der Waals surface area (Å²) in [4.78, 5) is 37.6. The summed E-state index contributed by atoms with van der Waals surface area (Å²) in [6.07, 6.45) is 1.30. The predicted molar refractivity (Wildman–Crippen MR) is 83.4 cm³/mol. The second-order valence-electron chi connectivity index (χ2n) is 4.97. The number of para-hydroxylation sites is 1. The molecule has 1 aliphatic rings. The molecule has 0 spiro atoms. The molecule has 0 atom stereocenters. The number of rotatable bonds is 2. The van der Waals surface area contributed by atoms with Gasteiger partial charge >= 0.3 is 0 Å². The van der Waals surface area contributed by atoms with Gasteiger partial charge in [-0.1, -0.05) is 48.5 Å². The highest BCUT2D eigenvalue weighted by atomic mass is 16.2. The third-order valence-electron chi connectivity index (χ3n) is 3.52. The molecule has 4 nitrogen and oxygen atoms in total. The van der Waals surface area contributed by atoms with Crippen molar-refractivity contribution in [2.75, 3.05) is 4.90 Å². The molecule has 0 aliphatic carbocycles. The Bertz CT molecular complexity index is 806. The van der Waals surface area contributed by atoms with Crippen molar-refractivity contribution in [1.29, 1.82) is 0 Å². The topological polar surface area (TPSA) is 54.5 Å². The first-order valence-corrected chi connectivity index (χ1v) is 6.85. The summed E-state index contributed by atoms with van der Waals surface area (Å²) < 4.78 is 0. The first kappa shape index (κ1) is 13.9. The second kappa shape index (κ2) is 5.41. The van der Waals surface area contributed by atoms with Gasteiger partial charge in [-0.15, -0.1) is 0 Å². The Balaban J connectivity index is 2.08. The average Bonchev–Trinajstić information content (AvgIpc) is 2.81. The fraction of sp³-hybridized carbons (Fsp3) is 0.0556. The van der Waals surface area contributed by atoms with Gasteiger partial charge in [0.1, 0.15) is 0 Å². The molecule has 0 unspecified atom stereocenters. The summed E-state index contributed by atoms with van der Waals surface area (Å²) in [5, 5.41) is 0. The number of amides is 2. The molecule has 0 saturated heterocycles. The zero-order chi connectivity index (χ0) is 15.7. The number of allylic oxidation sites excluding steroid dienone is 1. The van der Waals surface area contributed by atoms with Crippen molar-refractivity contribution in [1.82, 2.24) is 0 Å².